The average molecular weight is 201 g/mol. The summed E-state index contributed by atoms with van der Waals surface area (Å²) < 4.78 is 4.53. The van der Waals surface area contributed by atoms with Gasteiger partial charge in [0, 0.05) is 10.6 Å². The van der Waals surface area contributed by atoms with Gasteiger partial charge in [0.15, 0.2) is 0 Å². The fourth-order valence-corrected chi connectivity index (χ4v) is 1.25. The Labute approximate surface area is 80.9 Å². The minimum absolute atomic E-state index is 0.274. The molecule has 4 heteroatoms. The van der Waals surface area contributed by atoms with Crippen LogP contribution in [0.2, 0.25) is 5.02 Å². The second-order valence-electron chi connectivity index (χ2n) is 2.42. The number of methoxy groups -OCH3 is 1. The van der Waals surface area contributed by atoms with Crippen molar-refractivity contribution in [1.29, 1.82) is 0 Å². The van der Waals surface area contributed by atoms with E-state index in [1.54, 1.807) is 18.2 Å². The molecule has 0 aliphatic heterocycles. The maximum Gasteiger partial charge on any atom is 0.338 e. The first-order valence-corrected chi connectivity index (χ1v) is 4.05. The van der Waals surface area contributed by atoms with Crippen molar-refractivity contribution in [2.75, 3.05) is 7.11 Å². The van der Waals surface area contributed by atoms with Crippen molar-refractivity contribution in [3.63, 3.8) is 0 Å². The largest absolute Gasteiger partial charge is 0.465 e. The van der Waals surface area contributed by atoms with Crippen molar-refractivity contribution in [1.82, 2.24) is 0 Å². The first-order valence-electron chi connectivity index (χ1n) is 3.67. The molecule has 70 valence electrons. The van der Waals surface area contributed by atoms with E-state index in [4.69, 9.17) is 16.7 Å². The number of aliphatic hydroxyl groups is 1. The molecule has 0 spiro atoms. The Hall–Kier alpha value is -1.06. The van der Waals surface area contributed by atoms with Crippen LogP contribution >= 0.6 is 11.6 Å². The van der Waals surface area contributed by atoms with Crippen LogP contribution in [-0.2, 0) is 11.3 Å². The lowest BCUT2D eigenvalue weighted by molar-refractivity contribution is 0.0597. The molecule has 1 N–H and O–H groups in total. The Kier molecular flexibility index (Phi) is 3.28. The lowest BCUT2D eigenvalue weighted by Gasteiger charge is -2.06. The lowest BCUT2D eigenvalue weighted by atomic mass is 10.1. The van der Waals surface area contributed by atoms with Gasteiger partial charge in [-0.15, -0.1) is 0 Å². The van der Waals surface area contributed by atoms with Crippen LogP contribution in [0, 0.1) is 0 Å². The van der Waals surface area contributed by atoms with Crippen LogP contribution in [0.5, 0.6) is 0 Å². The molecule has 1 rings (SSSR count). The van der Waals surface area contributed by atoms with Gasteiger partial charge in [0.25, 0.3) is 0 Å². The quantitative estimate of drug-likeness (QED) is 0.738. The highest BCUT2D eigenvalue weighted by Gasteiger charge is 2.12. The van der Waals surface area contributed by atoms with E-state index in [0.717, 1.165) is 0 Å². The molecule has 0 radical (unpaired) electrons. The number of rotatable bonds is 2. The summed E-state index contributed by atoms with van der Waals surface area (Å²) in [5.41, 5.74) is 0.702. The molecule has 0 amide bonds. The number of hydrogen-bond donors (Lipinski definition) is 1. The summed E-state index contributed by atoms with van der Waals surface area (Å²) in [6.45, 7) is -0.274. The minimum atomic E-state index is -0.494. The number of hydrogen-bond acceptors (Lipinski definition) is 3. The predicted octanol–water partition coefficient (Wildman–Crippen LogP) is 1.62. The number of aliphatic hydroxyl groups excluding tert-OH is 1. The molecule has 0 heterocycles. The van der Waals surface area contributed by atoms with Crippen LogP contribution in [0.3, 0.4) is 0 Å². The number of benzene rings is 1. The highest BCUT2D eigenvalue weighted by Crippen LogP contribution is 2.20. The molecule has 13 heavy (non-hydrogen) atoms. The Bertz CT molecular complexity index is 323. The molecule has 0 bridgehead atoms. The Morgan fingerprint density at radius 1 is 1.62 bits per heavy atom. The normalized spacial score (nSPS) is 9.77. The van der Waals surface area contributed by atoms with E-state index in [1.165, 1.54) is 7.11 Å². The molecule has 0 aliphatic rings. The highest BCUT2D eigenvalue weighted by atomic mass is 35.5. The summed E-state index contributed by atoms with van der Waals surface area (Å²) in [5.74, 6) is -0.494. The van der Waals surface area contributed by atoms with Crippen molar-refractivity contribution >= 4 is 17.6 Å². The summed E-state index contributed by atoms with van der Waals surface area (Å²) in [4.78, 5) is 11.2. The van der Waals surface area contributed by atoms with Gasteiger partial charge in [-0.25, -0.2) is 4.79 Å². The van der Waals surface area contributed by atoms with Gasteiger partial charge in [-0.05, 0) is 12.1 Å². The molecule has 0 fully saturated rings. The maximum absolute atomic E-state index is 11.2. The van der Waals surface area contributed by atoms with Crippen LogP contribution in [-0.4, -0.2) is 18.2 Å². The third-order valence-electron chi connectivity index (χ3n) is 1.68. The molecule has 0 unspecified atom stereocenters. The zero-order valence-electron chi connectivity index (χ0n) is 7.08. The molecular weight excluding hydrogens is 192 g/mol. The summed E-state index contributed by atoms with van der Waals surface area (Å²) in [6, 6.07) is 4.80. The number of carbonyl (C=O) groups is 1. The zero-order chi connectivity index (χ0) is 9.84. The first-order chi connectivity index (χ1) is 6.20. The highest BCUT2D eigenvalue weighted by molar-refractivity contribution is 6.31. The van der Waals surface area contributed by atoms with E-state index in [-0.39, 0.29) is 6.61 Å². The smallest absolute Gasteiger partial charge is 0.338 e. The van der Waals surface area contributed by atoms with E-state index in [2.05, 4.69) is 4.74 Å². The van der Waals surface area contributed by atoms with E-state index in [1.807, 2.05) is 0 Å². The lowest BCUT2D eigenvalue weighted by Crippen LogP contribution is -2.05. The Balaban J connectivity index is 3.20. The van der Waals surface area contributed by atoms with Gasteiger partial charge in [-0.3, -0.25) is 0 Å². The first kappa shape index (κ1) is 10.0. The topological polar surface area (TPSA) is 46.5 Å². The Morgan fingerprint density at radius 3 is 2.85 bits per heavy atom. The molecule has 0 aliphatic carbocycles. The maximum atomic E-state index is 11.2. The van der Waals surface area contributed by atoms with E-state index >= 15 is 0 Å². The standard InChI is InChI=1S/C9H9ClO3/c1-13-9(12)6-3-2-4-8(10)7(6)5-11/h2-4,11H,5H2,1H3. The van der Waals surface area contributed by atoms with Gasteiger partial charge in [-0.1, -0.05) is 17.7 Å². The summed E-state index contributed by atoms with van der Waals surface area (Å²) in [6.07, 6.45) is 0. The van der Waals surface area contributed by atoms with Crippen LogP contribution in [0.4, 0.5) is 0 Å². The summed E-state index contributed by atoms with van der Waals surface area (Å²) >= 11 is 5.76. The fraction of sp³-hybridized carbons (Fsp3) is 0.222. The third-order valence-corrected chi connectivity index (χ3v) is 2.04. The zero-order valence-corrected chi connectivity index (χ0v) is 7.84. The van der Waals surface area contributed by atoms with E-state index in [0.29, 0.717) is 16.1 Å². The third kappa shape index (κ3) is 1.99. The van der Waals surface area contributed by atoms with Gasteiger partial charge in [0.05, 0.1) is 19.3 Å². The molecule has 3 nitrogen and oxygen atoms in total. The fourth-order valence-electron chi connectivity index (χ4n) is 1.02. The van der Waals surface area contributed by atoms with E-state index in [9.17, 15) is 4.79 Å². The average Bonchev–Trinajstić information content (AvgIpc) is 2.16. The molecule has 0 saturated heterocycles. The van der Waals surface area contributed by atoms with Crippen molar-refractivity contribution in [3.8, 4) is 0 Å². The van der Waals surface area contributed by atoms with Crippen LogP contribution in [0.25, 0.3) is 0 Å². The van der Waals surface area contributed by atoms with Gasteiger partial charge in [0.2, 0.25) is 0 Å². The van der Waals surface area contributed by atoms with E-state index < -0.39 is 5.97 Å². The van der Waals surface area contributed by atoms with Crippen LogP contribution in [0.1, 0.15) is 15.9 Å². The minimum Gasteiger partial charge on any atom is -0.465 e. The van der Waals surface area contributed by atoms with Crippen molar-refractivity contribution < 1.29 is 14.6 Å². The number of halogens is 1. The number of esters is 1. The van der Waals surface area contributed by atoms with Gasteiger partial charge < -0.3 is 9.84 Å². The second-order valence-corrected chi connectivity index (χ2v) is 2.82. The SMILES string of the molecule is COC(=O)c1cccc(Cl)c1CO. The van der Waals surface area contributed by atoms with Crippen molar-refractivity contribution in [2.45, 2.75) is 6.61 Å². The van der Waals surface area contributed by atoms with Crippen LogP contribution < -0.4 is 0 Å². The number of carbonyl (C=O) groups excluding carboxylic acids is 1. The molecule has 0 saturated carbocycles. The van der Waals surface area contributed by atoms with Gasteiger partial charge >= 0.3 is 5.97 Å². The Morgan fingerprint density at radius 2 is 2.31 bits per heavy atom. The monoisotopic (exact) mass is 200 g/mol. The van der Waals surface area contributed by atoms with Crippen molar-refractivity contribution in [3.05, 3.63) is 34.3 Å². The molecule has 0 atom stereocenters. The molecule has 0 aromatic heterocycles. The summed E-state index contributed by atoms with van der Waals surface area (Å²) in [5, 5.41) is 9.32. The predicted molar refractivity (Wildman–Crippen MR) is 48.7 cm³/mol. The van der Waals surface area contributed by atoms with Crippen molar-refractivity contribution in [2.24, 2.45) is 0 Å². The molecule has 1 aromatic carbocycles. The van der Waals surface area contributed by atoms with Gasteiger partial charge in [0.1, 0.15) is 0 Å². The van der Waals surface area contributed by atoms with Crippen LogP contribution in [0.15, 0.2) is 18.2 Å². The summed E-state index contributed by atoms with van der Waals surface area (Å²) in [7, 11) is 1.28. The molecule has 1 aromatic rings. The number of ether oxygens (including phenoxy) is 1. The molecular formula is C9H9ClO3. The second kappa shape index (κ2) is 4.25. The van der Waals surface area contributed by atoms with Gasteiger partial charge in [-0.2, -0.15) is 0 Å².